The average Bonchev–Trinajstić information content (AvgIpc) is 2.64. The third-order valence-electron chi connectivity index (χ3n) is 3.75. The first-order valence-electron chi connectivity index (χ1n) is 7.50. The summed E-state index contributed by atoms with van der Waals surface area (Å²) in [5.74, 6) is 0.714. The number of rotatable bonds is 3. The zero-order chi connectivity index (χ0) is 16.4. The van der Waals surface area contributed by atoms with Crippen molar-refractivity contribution in [2.24, 2.45) is 0 Å². The van der Waals surface area contributed by atoms with E-state index in [0.29, 0.717) is 10.8 Å². The standard InChI is InChI=1S/C19H13ClN4/c20-14-5-7-15(8-6-14)22-19-17-4-2-1-3-16(17)18(23-24-19)13-9-11-21-12-10-13/h1-12H,(H,22,24). The molecule has 24 heavy (non-hydrogen) atoms. The Morgan fingerprint density at radius 3 is 2.21 bits per heavy atom. The number of halogens is 1. The first-order chi connectivity index (χ1) is 11.8. The molecule has 0 atom stereocenters. The number of pyridine rings is 1. The van der Waals surface area contributed by atoms with Gasteiger partial charge in [0.15, 0.2) is 5.82 Å². The first kappa shape index (κ1) is 14.6. The zero-order valence-corrected chi connectivity index (χ0v) is 13.4. The molecule has 5 heteroatoms. The van der Waals surface area contributed by atoms with Crippen LogP contribution in [-0.2, 0) is 0 Å². The van der Waals surface area contributed by atoms with Gasteiger partial charge in [-0.05, 0) is 36.4 Å². The molecule has 0 saturated carbocycles. The Morgan fingerprint density at radius 2 is 1.46 bits per heavy atom. The Bertz CT molecular complexity index is 985. The Labute approximate surface area is 144 Å². The molecule has 0 aliphatic carbocycles. The van der Waals surface area contributed by atoms with Crippen LogP contribution in [0.4, 0.5) is 11.5 Å². The van der Waals surface area contributed by atoms with Crippen LogP contribution in [0.2, 0.25) is 5.02 Å². The van der Waals surface area contributed by atoms with E-state index in [2.05, 4.69) is 20.5 Å². The van der Waals surface area contributed by atoms with Gasteiger partial charge in [-0.2, -0.15) is 0 Å². The number of benzene rings is 2. The Balaban J connectivity index is 1.82. The second-order valence-corrected chi connectivity index (χ2v) is 5.75. The number of hydrogen-bond acceptors (Lipinski definition) is 4. The van der Waals surface area contributed by atoms with Gasteiger partial charge in [0.05, 0.1) is 0 Å². The fourth-order valence-electron chi connectivity index (χ4n) is 2.59. The molecule has 0 radical (unpaired) electrons. The normalized spacial score (nSPS) is 10.7. The van der Waals surface area contributed by atoms with Gasteiger partial charge < -0.3 is 5.32 Å². The molecular formula is C19H13ClN4. The first-order valence-corrected chi connectivity index (χ1v) is 7.87. The maximum Gasteiger partial charge on any atom is 0.161 e. The lowest BCUT2D eigenvalue weighted by atomic mass is 10.1. The van der Waals surface area contributed by atoms with Crippen molar-refractivity contribution in [3.63, 3.8) is 0 Å². The fourth-order valence-corrected chi connectivity index (χ4v) is 2.72. The second-order valence-electron chi connectivity index (χ2n) is 5.31. The van der Waals surface area contributed by atoms with E-state index in [1.54, 1.807) is 12.4 Å². The van der Waals surface area contributed by atoms with Gasteiger partial charge in [-0.15, -0.1) is 10.2 Å². The average molecular weight is 333 g/mol. The van der Waals surface area contributed by atoms with E-state index in [9.17, 15) is 0 Å². The molecule has 0 aliphatic heterocycles. The van der Waals surface area contributed by atoms with Crippen molar-refractivity contribution in [2.45, 2.75) is 0 Å². The smallest absolute Gasteiger partial charge is 0.161 e. The largest absolute Gasteiger partial charge is 0.338 e. The molecule has 0 unspecified atom stereocenters. The van der Waals surface area contributed by atoms with Crippen LogP contribution >= 0.6 is 11.6 Å². The summed E-state index contributed by atoms with van der Waals surface area (Å²) in [7, 11) is 0. The van der Waals surface area contributed by atoms with Gasteiger partial charge in [-0.3, -0.25) is 4.98 Å². The number of anilines is 2. The van der Waals surface area contributed by atoms with Crippen molar-refractivity contribution < 1.29 is 0 Å². The van der Waals surface area contributed by atoms with Crippen LogP contribution in [-0.4, -0.2) is 15.2 Å². The summed E-state index contributed by atoms with van der Waals surface area (Å²) in [6, 6.07) is 19.4. The molecule has 0 saturated heterocycles. The van der Waals surface area contributed by atoms with Gasteiger partial charge in [0, 0.05) is 39.4 Å². The molecule has 116 valence electrons. The van der Waals surface area contributed by atoms with E-state index in [4.69, 9.17) is 11.6 Å². The molecule has 0 aliphatic rings. The fraction of sp³-hybridized carbons (Fsp3) is 0. The molecule has 1 N–H and O–H groups in total. The summed E-state index contributed by atoms with van der Waals surface area (Å²) in [4.78, 5) is 4.06. The lowest BCUT2D eigenvalue weighted by molar-refractivity contribution is 1.06. The molecule has 0 spiro atoms. The van der Waals surface area contributed by atoms with Crippen molar-refractivity contribution in [3.05, 3.63) is 78.1 Å². The predicted molar refractivity (Wildman–Crippen MR) is 97.5 cm³/mol. The van der Waals surface area contributed by atoms with E-state index < -0.39 is 0 Å². The van der Waals surface area contributed by atoms with Crippen LogP contribution in [0.5, 0.6) is 0 Å². The molecule has 2 aromatic carbocycles. The highest BCUT2D eigenvalue weighted by Crippen LogP contribution is 2.30. The molecular weight excluding hydrogens is 320 g/mol. The maximum absolute atomic E-state index is 5.94. The highest BCUT2D eigenvalue weighted by atomic mass is 35.5. The molecule has 0 fully saturated rings. The van der Waals surface area contributed by atoms with Crippen molar-refractivity contribution in [1.29, 1.82) is 0 Å². The number of fused-ring (bicyclic) bond motifs is 1. The third-order valence-corrected chi connectivity index (χ3v) is 4.00. The van der Waals surface area contributed by atoms with Gasteiger partial charge in [0.25, 0.3) is 0 Å². The van der Waals surface area contributed by atoms with Crippen molar-refractivity contribution >= 4 is 33.9 Å². The van der Waals surface area contributed by atoms with Gasteiger partial charge in [0.2, 0.25) is 0 Å². The van der Waals surface area contributed by atoms with Crippen LogP contribution in [0.3, 0.4) is 0 Å². The SMILES string of the molecule is Clc1ccc(Nc2nnc(-c3ccncc3)c3ccccc23)cc1. The summed E-state index contributed by atoms with van der Waals surface area (Å²) < 4.78 is 0. The molecule has 0 bridgehead atoms. The zero-order valence-electron chi connectivity index (χ0n) is 12.6. The minimum absolute atomic E-state index is 0.699. The van der Waals surface area contributed by atoms with E-state index in [0.717, 1.165) is 27.7 Å². The molecule has 0 amide bonds. The van der Waals surface area contributed by atoms with Crippen LogP contribution in [0.1, 0.15) is 0 Å². The van der Waals surface area contributed by atoms with E-state index in [-0.39, 0.29) is 0 Å². The Morgan fingerprint density at radius 1 is 0.750 bits per heavy atom. The minimum atomic E-state index is 0.699. The Kier molecular flexibility index (Phi) is 3.81. The van der Waals surface area contributed by atoms with Crippen LogP contribution in [0.15, 0.2) is 73.1 Å². The van der Waals surface area contributed by atoms with Crippen LogP contribution in [0.25, 0.3) is 22.0 Å². The topological polar surface area (TPSA) is 50.7 Å². The summed E-state index contributed by atoms with van der Waals surface area (Å²) >= 11 is 5.94. The van der Waals surface area contributed by atoms with Crippen LogP contribution in [0, 0.1) is 0 Å². The number of nitrogens with one attached hydrogen (secondary N) is 1. The van der Waals surface area contributed by atoms with Gasteiger partial charge in [-0.25, -0.2) is 0 Å². The second kappa shape index (κ2) is 6.26. The Hall–Kier alpha value is -2.98. The lowest BCUT2D eigenvalue weighted by Gasteiger charge is -2.11. The van der Waals surface area contributed by atoms with Crippen molar-refractivity contribution in [3.8, 4) is 11.3 Å². The van der Waals surface area contributed by atoms with Gasteiger partial charge in [-0.1, -0.05) is 35.9 Å². The minimum Gasteiger partial charge on any atom is -0.338 e. The van der Waals surface area contributed by atoms with E-state index in [1.165, 1.54) is 0 Å². The number of nitrogens with zero attached hydrogens (tertiary/aromatic N) is 3. The van der Waals surface area contributed by atoms with Crippen molar-refractivity contribution in [1.82, 2.24) is 15.2 Å². The molecule has 2 aromatic heterocycles. The third kappa shape index (κ3) is 2.79. The van der Waals surface area contributed by atoms with E-state index >= 15 is 0 Å². The number of hydrogen-bond donors (Lipinski definition) is 1. The highest BCUT2D eigenvalue weighted by molar-refractivity contribution is 6.30. The molecule has 4 nitrogen and oxygen atoms in total. The summed E-state index contributed by atoms with van der Waals surface area (Å²) in [6.07, 6.45) is 3.51. The molecule has 2 heterocycles. The summed E-state index contributed by atoms with van der Waals surface area (Å²) in [5.41, 5.74) is 2.75. The van der Waals surface area contributed by atoms with Gasteiger partial charge >= 0.3 is 0 Å². The van der Waals surface area contributed by atoms with E-state index in [1.807, 2.05) is 60.7 Å². The van der Waals surface area contributed by atoms with Crippen molar-refractivity contribution in [2.75, 3.05) is 5.32 Å². The van der Waals surface area contributed by atoms with Crippen LogP contribution < -0.4 is 5.32 Å². The lowest BCUT2D eigenvalue weighted by Crippen LogP contribution is -1.99. The monoisotopic (exact) mass is 332 g/mol. The van der Waals surface area contributed by atoms with Gasteiger partial charge in [0.1, 0.15) is 5.69 Å². The quantitative estimate of drug-likeness (QED) is 0.567. The maximum atomic E-state index is 5.94. The molecule has 4 aromatic rings. The molecule has 4 rings (SSSR count). The summed E-state index contributed by atoms with van der Waals surface area (Å²) in [5, 5.41) is 14.9. The number of aromatic nitrogens is 3. The summed E-state index contributed by atoms with van der Waals surface area (Å²) in [6.45, 7) is 0. The highest BCUT2D eigenvalue weighted by Gasteiger charge is 2.10. The predicted octanol–water partition coefficient (Wildman–Crippen LogP) is 5.09.